The van der Waals surface area contributed by atoms with Crippen molar-refractivity contribution in [1.82, 2.24) is 14.9 Å². The van der Waals surface area contributed by atoms with Crippen LogP contribution in [0.2, 0.25) is 0 Å². The number of furan rings is 1. The molecule has 1 atom stereocenters. The van der Waals surface area contributed by atoms with Crippen molar-refractivity contribution in [2.24, 2.45) is 5.73 Å². The molecule has 28 heavy (non-hydrogen) atoms. The van der Waals surface area contributed by atoms with Gasteiger partial charge in [0.15, 0.2) is 5.76 Å². The number of nitrogens with one attached hydrogen (secondary N) is 1. The molecule has 4 rings (SSSR count). The van der Waals surface area contributed by atoms with Crippen molar-refractivity contribution in [2.75, 3.05) is 6.54 Å². The van der Waals surface area contributed by atoms with E-state index in [0.29, 0.717) is 6.54 Å². The second kappa shape index (κ2) is 6.78. The van der Waals surface area contributed by atoms with Crippen molar-refractivity contribution in [3.8, 4) is 0 Å². The first-order valence-electron chi connectivity index (χ1n) is 9.86. The van der Waals surface area contributed by atoms with Crippen LogP contribution < -0.4 is 5.73 Å². The van der Waals surface area contributed by atoms with Gasteiger partial charge in [-0.15, -0.1) is 0 Å². The molecule has 0 spiro atoms. The fraction of sp³-hybridized carbons (Fsp3) is 0.455. The van der Waals surface area contributed by atoms with E-state index in [1.807, 2.05) is 0 Å². The highest BCUT2D eigenvalue weighted by molar-refractivity contribution is 5.90. The molecule has 6 nitrogen and oxygen atoms in total. The van der Waals surface area contributed by atoms with Gasteiger partial charge in [0, 0.05) is 17.5 Å². The minimum atomic E-state index is -0.525. The lowest BCUT2D eigenvalue weighted by molar-refractivity contribution is 0.0970. The molecule has 1 aliphatic rings. The van der Waals surface area contributed by atoms with Crippen molar-refractivity contribution < 1.29 is 9.21 Å². The Bertz CT molecular complexity index is 1030. The van der Waals surface area contributed by atoms with E-state index in [1.165, 1.54) is 5.56 Å². The summed E-state index contributed by atoms with van der Waals surface area (Å²) in [5.74, 6) is 1.54. The summed E-state index contributed by atoms with van der Waals surface area (Å²) in [6, 6.07) is 8.25. The number of benzene rings is 1. The predicted octanol–water partition coefficient (Wildman–Crippen LogP) is 4.20. The number of nitrogens with two attached hydrogens (primary N) is 1. The van der Waals surface area contributed by atoms with Crippen LogP contribution in [0.4, 0.5) is 0 Å². The van der Waals surface area contributed by atoms with Gasteiger partial charge >= 0.3 is 0 Å². The standard InChI is InChI=1S/C22H28N4O2/c1-13-7-5-8-15-18(13)25-21(24-15)16-9-6-10-26(16)12-14-11-17(20(23)27)28-19(14)22(2,3)4/h5,7-8,11,16H,6,9-10,12H2,1-4H3,(H2,23,27)(H,24,25). The maximum atomic E-state index is 11.6. The number of H-pyrrole nitrogens is 1. The lowest BCUT2D eigenvalue weighted by Crippen LogP contribution is -2.25. The second-order valence-corrected chi connectivity index (χ2v) is 8.80. The van der Waals surface area contributed by atoms with Crippen LogP contribution in [-0.4, -0.2) is 27.3 Å². The third-order valence-electron chi connectivity index (χ3n) is 5.52. The first-order valence-corrected chi connectivity index (χ1v) is 9.86. The predicted molar refractivity (Wildman–Crippen MR) is 109 cm³/mol. The number of fused-ring (bicyclic) bond motifs is 1. The first-order chi connectivity index (χ1) is 13.2. The number of nitrogens with zero attached hydrogens (tertiary/aromatic N) is 2. The van der Waals surface area contributed by atoms with E-state index in [-0.39, 0.29) is 17.2 Å². The van der Waals surface area contributed by atoms with E-state index in [4.69, 9.17) is 15.1 Å². The van der Waals surface area contributed by atoms with Gasteiger partial charge in [-0.3, -0.25) is 9.69 Å². The lowest BCUT2D eigenvalue weighted by Gasteiger charge is -2.24. The van der Waals surface area contributed by atoms with Crippen molar-refractivity contribution in [3.05, 3.63) is 52.7 Å². The highest BCUT2D eigenvalue weighted by Crippen LogP contribution is 2.36. The van der Waals surface area contributed by atoms with Gasteiger partial charge in [-0.05, 0) is 44.0 Å². The molecule has 0 aliphatic carbocycles. The van der Waals surface area contributed by atoms with Crippen LogP contribution in [-0.2, 0) is 12.0 Å². The fourth-order valence-electron chi connectivity index (χ4n) is 4.20. The number of rotatable bonds is 4. The molecule has 0 bridgehead atoms. The summed E-state index contributed by atoms with van der Waals surface area (Å²) in [5, 5.41) is 0. The SMILES string of the molecule is Cc1cccc2[nH]c(C3CCCN3Cc3cc(C(N)=O)oc3C(C)(C)C)nc12. The lowest BCUT2D eigenvalue weighted by atomic mass is 9.90. The van der Waals surface area contributed by atoms with Gasteiger partial charge in [-0.1, -0.05) is 32.9 Å². The van der Waals surface area contributed by atoms with Crippen molar-refractivity contribution in [2.45, 2.75) is 58.5 Å². The molecule has 6 heteroatoms. The van der Waals surface area contributed by atoms with Crippen LogP contribution in [0.1, 0.15) is 72.9 Å². The van der Waals surface area contributed by atoms with Crippen LogP contribution in [0.3, 0.4) is 0 Å². The maximum Gasteiger partial charge on any atom is 0.284 e. The Labute approximate surface area is 165 Å². The maximum absolute atomic E-state index is 11.6. The number of para-hydroxylation sites is 1. The molecule has 3 N–H and O–H groups in total. The van der Waals surface area contributed by atoms with Gasteiger partial charge in [0.2, 0.25) is 0 Å². The van der Waals surface area contributed by atoms with Crippen LogP contribution in [0, 0.1) is 6.92 Å². The number of primary amides is 1. The molecule has 3 aromatic rings. The van der Waals surface area contributed by atoms with E-state index in [0.717, 1.165) is 47.6 Å². The Balaban J connectivity index is 1.66. The number of amides is 1. The molecule has 2 aromatic heterocycles. The molecular formula is C22H28N4O2. The highest BCUT2D eigenvalue weighted by atomic mass is 16.4. The summed E-state index contributed by atoms with van der Waals surface area (Å²) in [5.41, 5.74) is 9.59. The van der Waals surface area contributed by atoms with Crippen LogP contribution in [0.25, 0.3) is 11.0 Å². The number of likely N-dealkylation sites (tertiary alicyclic amines) is 1. The van der Waals surface area contributed by atoms with E-state index < -0.39 is 5.91 Å². The summed E-state index contributed by atoms with van der Waals surface area (Å²) in [4.78, 5) is 22.5. The largest absolute Gasteiger partial charge is 0.455 e. The molecule has 1 fully saturated rings. The van der Waals surface area contributed by atoms with Crippen molar-refractivity contribution >= 4 is 16.9 Å². The zero-order valence-corrected chi connectivity index (χ0v) is 17.0. The Morgan fingerprint density at radius 3 is 2.86 bits per heavy atom. The number of imidazole rings is 1. The Kier molecular flexibility index (Phi) is 4.54. The molecule has 148 valence electrons. The minimum absolute atomic E-state index is 0.200. The quantitative estimate of drug-likeness (QED) is 0.710. The summed E-state index contributed by atoms with van der Waals surface area (Å²) < 4.78 is 5.83. The molecule has 3 heterocycles. The minimum Gasteiger partial charge on any atom is -0.455 e. The zero-order valence-electron chi connectivity index (χ0n) is 17.0. The van der Waals surface area contributed by atoms with E-state index in [1.54, 1.807) is 6.07 Å². The molecular weight excluding hydrogens is 352 g/mol. The van der Waals surface area contributed by atoms with Gasteiger partial charge < -0.3 is 15.1 Å². The molecule has 1 aliphatic heterocycles. The van der Waals surface area contributed by atoms with E-state index in [9.17, 15) is 4.79 Å². The van der Waals surface area contributed by atoms with Gasteiger partial charge in [0.05, 0.1) is 17.1 Å². The number of aryl methyl sites for hydroxylation is 1. The first kappa shape index (κ1) is 18.7. The highest BCUT2D eigenvalue weighted by Gasteiger charge is 2.32. The third kappa shape index (κ3) is 3.33. The average Bonchev–Trinajstić information content (AvgIpc) is 3.31. The van der Waals surface area contributed by atoms with E-state index in [2.05, 4.69) is 55.8 Å². The van der Waals surface area contributed by atoms with Gasteiger partial charge in [0.25, 0.3) is 5.91 Å². The topological polar surface area (TPSA) is 88.1 Å². The molecule has 1 unspecified atom stereocenters. The summed E-state index contributed by atoms with van der Waals surface area (Å²) in [6.45, 7) is 10.0. The number of aromatic amines is 1. The van der Waals surface area contributed by atoms with Gasteiger partial charge in [0.1, 0.15) is 11.6 Å². The summed E-state index contributed by atoms with van der Waals surface area (Å²) in [6.07, 6.45) is 2.18. The molecule has 1 amide bonds. The Morgan fingerprint density at radius 2 is 2.18 bits per heavy atom. The summed E-state index contributed by atoms with van der Waals surface area (Å²) in [7, 11) is 0. The summed E-state index contributed by atoms with van der Waals surface area (Å²) >= 11 is 0. The number of hydrogen-bond donors (Lipinski definition) is 2. The normalized spacial score (nSPS) is 18.2. The monoisotopic (exact) mass is 380 g/mol. The third-order valence-corrected chi connectivity index (χ3v) is 5.52. The van der Waals surface area contributed by atoms with E-state index >= 15 is 0 Å². The zero-order chi connectivity index (χ0) is 20.1. The van der Waals surface area contributed by atoms with Crippen LogP contribution in [0.15, 0.2) is 28.7 Å². The Hall–Kier alpha value is -2.60. The number of hydrogen-bond acceptors (Lipinski definition) is 4. The smallest absolute Gasteiger partial charge is 0.284 e. The second-order valence-electron chi connectivity index (χ2n) is 8.80. The average molecular weight is 380 g/mol. The van der Waals surface area contributed by atoms with Crippen LogP contribution >= 0.6 is 0 Å². The van der Waals surface area contributed by atoms with Gasteiger partial charge in [-0.2, -0.15) is 0 Å². The van der Waals surface area contributed by atoms with Crippen molar-refractivity contribution in [1.29, 1.82) is 0 Å². The van der Waals surface area contributed by atoms with Crippen LogP contribution in [0.5, 0.6) is 0 Å². The van der Waals surface area contributed by atoms with Crippen molar-refractivity contribution in [3.63, 3.8) is 0 Å². The molecule has 1 aromatic carbocycles. The fourth-order valence-corrected chi connectivity index (χ4v) is 4.20. The molecule has 0 saturated carbocycles. The Morgan fingerprint density at radius 1 is 1.39 bits per heavy atom. The number of carbonyl (C=O) groups is 1. The van der Waals surface area contributed by atoms with Gasteiger partial charge in [-0.25, -0.2) is 4.98 Å². The number of carbonyl (C=O) groups excluding carboxylic acids is 1. The molecule has 0 radical (unpaired) electrons. The molecule has 1 saturated heterocycles. The number of aromatic nitrogens is 2.